The zero-order chi connectivity index (χ0) is 29.2. The van der Waals surface area contributed by atoms with Crippen molar-refractivity contribution in [1.29, 1.82) is 0 Å². The normalized spacial score (nSPS) is 17.9. The molecule has 0 saturated carbocycles. The fourth-order valence-electron chi connectivity index (χ4n) is 4.88. The number of methoxy groups -OCH3 is 1. The van der Waals surface area contributed by atoms with Gasteiger partial charge in [-0.2, -0.15) is 8.42 Å². The van der Waals surface area contributed by atoms with Crippen LogP contribution in [0.5, 0.6) is 5.75 Å². The van der Waals surface area contributed by atoms with Crippen LogP contribution in [0.1, 0.15) is 34.2 Å². The lowest BCUT2D eigenvalue weighted by molar-refractivity contribution is 0.414. The molecule has 41 heavy (non-hydrogen) atoms. The first-order chi connectivity index (χ1) is 19.6. The van der Waals surface area contributed by atoms with Gasteiger partial charge in [0.05, 0.1) is 24.0 Å². The molecule has 1 aliphatic rings. The molecule has 0 aliphatic carbocycles. The highest BCUT2D eigenvalue weighted by Crippen LogP contribution is 2.50. The van der Waals surface area contributed by atoms with Crippen LogP contribution < -0.4 is 9.64 Å². The van der Waals surface area contributed by atoms with Crippen molar-refractivity contribution in [2.24, 2.45) is 4.40 Å². The molecule has 0 spiro atoms. The van der Waals surface area contributed by atoms with Crippen LogP contribution in [0.25, 0.3) is 0 Å². The van der Waals surface area contributed by atoms with Crippen molar-refractivity contribution in [2.45, 2.75) is 43.4 Å². The van der Waals surface area contributed by atoms with Gasteiger partial charge in [0.15, 0.2) is 0 Å². The zero-order valence-electron chi connectivity index (χ0n) is 24.0. The van der Waals surface area contributed by atoms with E-state index < -0.39 is 18.1 Å². The number of hydrogen-bond acceptors (Lipinski definition) is 3. The minimum absolute atomic E-state index is 0.170. The number of sulfonamides is 1. The Morgan fingerprint density at radius 3 is 2.02 bits per heavy atom. The molecule has 5 rings (SSSR count). The average Bonchev–Trinajstić information content (AvgIpc) is 2.95. The maximum atomic E-state index is 13.6. The summed E-state index contributed by atoms with van der Waals surface area (Å²) in [5.41, 5.74) is 8.28. The van der Waals surface area contributed by atoms with Gasteiger partial charge in [-0.25, -0.2) is 0 Å². The highest BCUT2D eigenvalue weighted by molar-refractivity contribution is 7.90. The minimum atomic E-state index is -3.96. The monoisotopic (exact) mass is 578 g/mol. The highest BCUT2D eigenvalue weighted by Gasteiger charge is 2.48. The first-order valence-corrected chi connectivity index (χ1v) is 18.5. The lowest BCUT2D eigenvalue weighted by Crippen LogP contribution is -2.54. The van der Waals surface area contributed by atoms with E-state index in [1.165, 1.54) is 0 Å². The second kappa shape index (κ2) is 11.4. The molecule has 0 N–H and O–H groups in total. The largest absolute Gasteiger partial charge is 0.497 e. The molecular formula is C34H34N2O3SSi. The summed E-state index contributed by atoms with van der Waals surface area (Å²) >= 11 is 0. The molecule has 0 bridgehead atoms. The van der Waals surface area contributed by atoms with Gasteiger partial charge < -0.3 is 9.64 Å². The number of ether oxygens (including phenoxy) is 1. The lowest BCUT2D eigenvalue weighted by Gasteiger charge is -2.50. The topological polar surface area (TPSA) is 59.0 Å². The second-order valence-corrected chi connectivity index (χ2v) is 17.6. The third-order valence-electron chi connectivity index (χ3n) is 6.99. The summed E-state index contributed by atoms with van der Waals surface area (Å²) < 4.78 is 37.1. The lowest BCUT2D eigenvalue weighted by atomic mass is 9.77. The summed E-state index contributed by atoms with van der Waals surface area (Å²) in [6.07, 6.45) is 0. The fraction of sp³-hybridized carbons (Fsp3) is 0.206. The van der Waals surface area contributed by atoms with E-state index >= 15 is 0 Å². The number of nitrogens with zero attached hydrogens (tertiary/aromatic N) is 2. The molecule has 4 aromatic carbocycles. The van der Waals surface area contributed by atoms with Crippen molar-refractivity contribution in [3.63, 3.8) is 0 Å². The van der Waals surface area contributed by atoms with Gasteiger partial charge in [-0.1, -0.05) is 85.7 Å². The van der Waals surface area contributed by atoms with E-state index in [-0.39, 0.29) is 16.9 Å². The van der Waals surface area contributed by atoms with Crippen LogP contribution in [0.2, 0.25) is 19.6 Å². The van der Waals surface area contributed by atoms with Gasteiger partial charge in [0.2, 0.25) is 0 Å². The number of rotatable bonds is 6. The third-order valence-corrected chi connectivity index (χ3v) is 9.17. The van der Waals surface area contributed by atoms with Crippen molar-refractivity contribution in [1.82, 2.24) is 0 Å². The van der Waals surface area contributed by atoms with Gasteiger partial charge in [0.1, 0.15) is 19.7 Å². The molecule has 0 radical (unpaired) electrons. The van der Waals surface area contributed by atoms with Crippen molar-refractivity contribution in [3.8, 4) is 17.2 Å². The third kappa shape index (κ3) is 6.29. The summed E-state index contributed by atoms with van der Waals surface area (Å²) in [7, 11) is -3.84. The van der Waals surface area contributed by atoms with Crippen molar-refractivity contribution in [3.05, 3.63) is 125 Å². The summed E-state index contributed by atoms with van der Waals surface area (Å²) in [6.45, 7) is 8.61. The number of benzene rings is 4. The summed E-state index contributed by atoms with van der Waals surface area (Å²) in [5, 5.41) is 0. The smallest absolute Gasteiger partial charge is 0.283 e. The number of hydrogen-bond donors (Lipinski definition) is 0. The molecule has 1 aliphatic heterocycles. The second-order valence-electron chi connectivity index (χ2n) is 11.3. The molecule has 1 heterocycles. The van der Waals surface area contributed by atoms with Gasteiger partial charge in [0, 0.05) is 11.3 Å². The Kier molecular flexibility index (Phi) is 7.90. The van der Waals surface area contributed by atoms with Gasteiger partial charge in [-0.3, -0.25) is 0 Å². The Morgan fingerprint density at radius 1 is 0.805 bits per heavy atom. The van der Waals surface area contributed by atoms with E-state index in [1.54, 1.807) is 31.4 Å². The first kappa shape index (κ1) is 28.4. The van der Waals surface area contributed by atoms with Crippen LogP contribution in [-0.2, 0) is 10.0 Å². The van der Waals surface area contributed by atoms with E-state index in [4.69, 9.17) is 4.74 Å². The van der Waals surface area contributed by atoms with Crippen LogP contribution in [0.15, 0.2) is 112 Å². The predicted molar refractivity (Wildman–Crippen MR) is 170 cm³/mol. The van der Waals surface area contributed by atoms with Gasteiger partial charge in [-0.15, -0.1) is 9.94 Å². The predicted octanol–water partition coefficient (Wildman–Crippen LogP) is 7.37. The van der Waals surface area contributed by atoms with E-state index in [0.29, 0.717) is 5.84 Å². The Balaban J connectivity index is 1.65. The molecule has 1 saturated heterocycles. The number of anilines is 1. The SMILES string of the molecule is COc1ccc(N2/C(=N/S(=O)(=O)c3ccc(C)cc3)[C@H](c3ccccc3)[C@H]2c2ccc(C#C[Si](C)(C)C)cc2)cc1. The van der Waals surface area contributed by atoms with Crippen LogP contribution in [0.3, 0.4) is 0 Å². The van der Waals surface area contributed by atoms with Crippen molar-refractivity contribution >= 4 is 29.6 Å². The van der Waals surface area contributed by atoms with Crippen LogP contribution in [0, 0.1) is 18.4 Å². The molecule has 2 atom stereocenters. The van der Waals surface area contributed by atoms with E-state index in [0.717, 1.165) is 33.7 Å². The van der Waals surface area contributed by atoms with E-state index in [9.17, 15) is 8.42 Å². The van der Waals surface area contributed by atoms with E-state index in [2.05, 4.69) is 59.8 Å². The highest BCUT2D eigenvalue weighted by atomic mass is 32.2. The Bertz CT molecular complexity index is 1720. The Morgan fingerprint density at radius 2 is 1.44 bits per heavy atom. The molecule has 1 fully saturated rings. The van der Waals surface area contributed by atoms with Gasteiger partial charge in [-0.05, 0) is 66.6 Å². The maximum absolute atomic E-state index is 13.6. The molecule has 7 heteroatoms. The molecule has 5 nitrogen and oxygen atoms in total. The Hall–Kier alpha value is -4.12. The standard InChI is InChI=1S/C34H34N2O3SSi/c1-25-11-21-31(22-12-25)40(37,38)35-34-32(27-9-7-6-8-10-27)33(36(34)29-17-19-30(39-2)20-18-29)28-15-13-26(14-16-28)23-24-41(3,4)5/h6-22,32-33H,1-5H3/b35-34+/t32-,33-/m1/s1. The Labute approximate surface area is 244 Å². The van der Waals surface area contributed by atoms with Gasteiger partial charge in [0.25, 0.3) is 10.0 Å². The summed E-state index contributed by atoms with van der Waals surface area (Å²) in [4.78, 5) is 2.19. The zero-order valence-corrected chi connectivity index (χ0v) is 25.8. The molecule has 0 aromatic heterocycles. The van der Waals surface area contributed by atoms with Gasteiger partial charge >= 0.3 is 0 Å². The minimum Gasteiger partial charge on any atom is -0.497 e. The number of amidine groups is 1. The first-order valence-electron chi connectivity index (χ1n) is 13.6. The van der Waals surface area contributed by atoms with Crippen LogP contribution >= 0.6 is 0 Å². The van der Waals surface area contributed by atoms with Crippen molar-refractivity contribution < 1.29 is 13.2 Å². The summed E-state index contributed by atoms with van der Waals surface area (Å²) in [6, 6.07) is 32.5. The number of aryl methyl sites for hydroxylation is 1. The molecule has 0 amide bonds. The average molecular weight is 579 g/mol. The summed E-state index contributed by atoms with van der Waals surface area (Å²) in [5.74, 6) is 4.27. The molecule has 4 aromatic rings. The quantitative estimate of drug-likeness (QED) is 0.177. The molecule has 208 valence electrons. The fourth-order valence-corrected chi connectivity index (χ4v) is 6.43. The molecule has 0 unspecified atom stereocenters. The van der Waals surface area contributed by atoms with E-state index in [1.807, 2.05) is 66.4 Å². The van der Waals surface area contributed by atoms with Crippen LogP contribution in [0.4, 0.5) is 5.69 Å². The van der Waals surface area contributed by atoms with Crippen LogP contribution in [-0.4, -0.2) is 29.4 Å². The maximum Gasteiger partial charge on any atom is 0.283 e. The molecular weight excluding hydrogens is 545 g/mol. The van der Waals surface area contributed by atoms with Crippen molar-refractivity contribution in [2.75, 3.05) is 12.0 Å².